The highest BCUT2D eigenvalue weighted by Gasteiger charge is 3.03. The Kier molecular flexibility index (Phi) is 20.8. The van der Waals surface area contributed by atoms with Crippen LogP contribution in [-0.4, -0.2) is 77.9 Å². The van der Waals surface area contributed by atoms with Crippen molar-refractivity contribution in [2.75, 3.05) is 0 Å². The average molecular weight is 932 g/mol. The van der Waals surface area contributed by atoms with Crippen molar-refractivity contribution < 1.29 is 140 Å². The zero-order valence-electron chi connectivity index (χ0n) is 23.9. The van der Waals surface area contributed by atoms with E-state index < -0.39 is 124 Å². The summed E-state index contributed by atoms with van der Waals surface area (Å²) < 4.78 is 167. The summed E-state index contributed by atoms with van der Waals surface area (Å²) in [6.07, 6.45) is -0.634. The van der Waals surface area contributed by atoms with Gasteiger partial charge in [-0.1, -0.05) is 47.4 Å². The van der Waals surface area contributed by atoms with Gasteiger partial charge in [0.05, 0.1) is 0 Å². The molecule has 0 saturated heterocycles. The molecule has 40 heteroatoms. The van der Waals surface area contributed by atoms with E-state index in [0.717, 1.165) is 13.8 Å². The molecule has 0 aliphatic heterocycles. The van der Waals surface area contributed by atoms with E-state index in [1.54, 1.807) is 0 Å². The van der Waals surface area contributed by atoms with E-state index in [1.165, 1.54) is 0 Å². The topological polar surface area (TPSA) is 465 Å². The summed E-state index contributed by atoms with van der Waals surface area (Å²) in [4.78, 5) is 98.4. The van der Waals surface area contributed by atoms with Crippen LogP contribution in [0.3, 0.4) is 0 Å². The van der Waals surface area contributed by atoms with Crippen molar-refractivity contribution in [3.05, 3.63) is 0 Å². The molecule has 12 atom stereocenters. The number of rotatable bonds is 26. The van der Waals surface area contributed by atoms with E-state index in [4.69, 9.17) is 4.52 Å². The minimum atomic E-state index is -5.67. The van der Waals surface area contributed by atoms with Crippen LogP contribution < -0.4 is 0 Å². The summed E-state index contributed by atoms with van der Waals surface area (Å²) in [5, 5.41) is 0. The zero-order valence-corrected chi connectivity index (χ0v) is 32.8. The van der Waals surface area contributed by atoms with Crippen molar-refractivity contribution in [1.82, 2.24) is 0 Å². The number of hydrogen-bond acceptors (Lipinski definition) is 20. The monoisotopic (exact) mass is 932 g/mol. The Hall–Kier alpha value is 0.200. The Morgan fingerprint density at radius 3 is 0.840 bits per heavy atom. The van der Waals surface area contributed by atoms with Gasteiger partial charge in [0.25, 0.3) is 0 Å². The highest BCUT2D eigenvalue weighted by atomic mass is 31.2. The summed E-state index contributed by atoms with van der Waals surface area (Å²) >= 11 is 0. The molecule has 0 aliphatic rings. The summed E-state index contributed by atoms with van der Waals surface area (Å²) in [5.41, 5.74) is -3.75. The van der Waals surface area contributed by atoms with Crippen LogP contribution in [0.2, 0.25) is 0 Å². The molecule has 0 fully saturated rings. The maximum absolute atomic E-state index is 12.5. The van der Waals surface area contributed by atoms with Crippen LogP contribution in [0.4, 0.5) is 0 Å². The van der Waals surface area contributed by atoms with Gasteiger partial charge in [-0.2, -0.15) is 0 Å². The van der Waals surface area contributed by atoms with Gasteiger partial charge in [-0.15, -0.1) is 53.5 Å². The van der Waals surface area contributed by atoms with Gasteiger partial charge < -0.3 is 0 Å². The first-order valence-electron chi connectivity index (χ1n) is 11.2. The maximum Gasteiger partial charge on any atom is 0.700 e. The highest BCUT2D eigenvalue weighted by molar-refractivity contribution is 7.35. The van der Waals surface area contributed by atoms with Crippen molar-refractivity contribution >= 4 is 82.5 Å². The molecule has 0 bridgehead atoms. The Morgan fingerprint density at radius 1 is 0.400 bits per heavy atom. The molecule has 30 nitrogen and oxygen atoms in total. The second kappa shape index (κ2) is 20.8. The SMILES string of the molecule is CCC(C)C(C)(O[P+](=O)O)C(O[P+](=O)O)(O[P+](=O)O)C(O[P+](=O)O)(O[P+](=O)O)C(O[P+](=O)O)(O[P+](=O)O)C(O[P+](=O)O)(O[P+](=O)O)O[P+](=O)O. The van der Waals surface area contributed by atoms with E-state index >= 15 is 0 Å². The molecule has 0 aliphatic carbocycles. The second-order valence-electron chi connectivity index (χ2n) is 8.11. The molecular weight excluding hydrogens is 910 g/mol. The third-order valence-corrected chi connectivity index (χ3v) is 9.78. The van der Waals surface area contributed by atoms with E-state index in [0.29, 0.717) is 0 Å². The van der Waals surface area contributed by atoms with Gasteiger partial charge >= 0.3 is 106 Å². The quantitative estimate of drug-likeness (QED) is 0.0439. The largest absolute Gasteiger partial charge is 0.700 e. The van der Waals surface area contributed by atoms with Crippen molar-refractivity contribution in [3.8, 4) is 0 Å². The summed E-state index contributed by atoms with van der Waals surface area (Å²) in [5.74, 6) is -23.7. The van der Waals surface area contributed by atoms with E-state index in [9.17, 15) is 94.6 Å². The fourth-order valence-corrected chi connectivity index (χ4v) is 9.06. The highest BCUT2D eigenvalue weighted by Crippen LogP contribution is 2.68. The minimum Gasteiger partial charge on any atom is -0.133 e. The van der Waals surface area contributed by atoms with Crippen molar-refractivity contribution in [2.45, 2.75) is 56.1 Å². The molecule has 0 saturated carbocycles. The van der Waals surface area contributed by atoms with Crippen LogP contribution in [0.15, 0.2) is 0 Å². The summed E-state index contributed by atoms with van der Waals surface area (Å²) in [6, 6.07) is 0. The lowest BCUT2D eigenvalue weighted by Crippen LogP contribution is -2.83. The first-order chi connectivity index (χ1) is 22.6. The lowest BCUT2D eigenvalue weighted by Gasteiger charge is -2.46. The molecule has 10 N–H and O–H groups in total. The summed E-state index contributed by atoms with van der Waals surface area (Å²) in [7, 11) is -48.9. The van der Waals surface area contributed by atoms with Crippen LogP contribution >= 0.6 is 82.5 Å². The fourth-order valence-electron chi connectivity index (χ4n) is 3.79. The molecular formula is C10H22O30P10+10. The third-order valence-electron chi connectivity index (χ3n) is 5.58. The molecule has 0 spiro atoms. The number of hydrogen-bond donors (Lipinski definition) is 10. The molecule has 0 heterocycles. The Morgan fingerprint density at radius 2 is 0.620 bits per heavy atom. The maximum atomic E-state index is 12.5. The molecule has 0 amide bonds. The predicted molar refractivity (Wildman–Crippen MR) is 148 cm³/mol. The van der Waals surface area contributed by atoms with Crippen molar-refractivity contribution in [3.63, 3.8) is 0 Å². The fraction of sp³-hybridized carbons (Fsp3) is 1.00. The normalized spacial score (nSPS) is 21.7. The van der Waals surface area contributed by atoms with E-state index in [2.05, 4.69) is 40.7 Å². The van der Waals surface area contributed by atoms with Gasteiger partial charge in [-0.25, -0.2) is 0 Å². The van der Waals surface area contributed by atoms with Gasteiger partial charge in [0, 0.05) is 45.7 Å². The molecule has 0 aromatic rings. The van der Waals surface area contributed by atoms with Gasteiger partial charge in [0.15, 0.2) is 5.60 Å². The van der Waals surface area contributed by atoms with Gasteiger partial charge in [0.1, 0.15) is 0 Å². The first-order valence-corrected chi connectivity index (χ1v) is 22.5. The minimum absolute atomic E-state index is 0.247. The lowest BCUT2D eigenvalue weighted by molar-refractivity contribution is -0.503. The average Bonchev–Trinajstić information content (AvgIpc) is 2.87. The smallest absolute Gasteiger partial charge is 0.133 e. The molecule has 0 aromatic heterocycles. The van der Waals surface area contributed by atoms with Crippen molar-refractivity contribution in [2.24, 2.45) is 5.92 Å². The van der Waals surface area contributed by atoms with Crippen LogP contribution in [0.1, 0.15) is 27.2 Å². The first kappa shape index (κ1) is 50.2. The van der Waals surface area contributed by atoms with Gasteiger partial charge in [-0.3, -0.25) is 0 Å². The van der Waals surface area contributed by atoms with E-state index in [1.807, 2.05) is 0 Å². The summed E-state index contributed by atoms with van der Waals surface area (Å²) in [6.45, 7) is 2.11. The zero-order chi connectivity index (χ0) is 39.6. The van der Waals surface area contributed by atoms with Gasteiger partial charge in [-0.05, 0) is 26.4 Å². The molecule has 0 radical (unpaired) electrons. The standard InChI is InChI=1S/C10H12O30P10/c1-4-5(2)6(3,31-41(11)12)7(32-42(13)14,33-43(15)16)8(34-44(17)18,35-45(19)20)9(36-46(21)22,37-47(23)24)10(38-48(25)26,39-49(27)28)40-50(29)30/h5H,4H2,1-3H3/p+10. The molecule has 0 aromatic carbocycles. The molecule has 282 valence electrons. The predicted octanol–water partition coefficient (Wildman–Crippen LogP) is 2.20. The van der Waals surface area contributed by atoms with E-state index in [-0.39, 0.29) is 6.92 Å². The Labute approximate surface area is 284 Å². The van der Waals surface area contributed by atoms with Crippen LogP contribution in [-0.2, 0) is 90.9 Å². The second-order valence-corrected chi connectivity index (χ2v) is 14.7. The Bertz CT molecular complexity index is 1330. The van der Waals surface area contributed by atoms with Crippen LogP contribution in [0, 0.1) is 5.92 Å². The van der Waals surface area contributed by atoms with Crippen LogP contribution in [0.5, 0.6) is 0 Å². The van der Waals surface area contributed by atoms with Crippen LogP contribution in [0.25, 0.3) is 0 Å². The molecule has 12 unspecified atom stereocenters. The van der Waals surface area contributed by atoms with Gasteiger partial charge in [0.2, 0.25) is 0 Å². The van der Waals surface area contributed by atoms with Crippen molar-refractivity contribution in [1.29, 1.82) is 0 Å². The molecule has 50 heavy (non-hydrogen) atoms. The lowest BCUT2D eigenvalue weighted by atomic mass is 9.74. The third kappa shape index (κ3) is 12.1. The molecule has 0 rings (SSSR count). The Balaban J connectivity index is 10.3.